The molecule has 1 aliphatic heterocycles. The minimum Gasteiger partial charge on any atom is -0.212 e. The topological polar surface area (TPSA) is 37.4 Å². The van der Waals surface area contributed by atoms with E-state index in [9.17, 15) is 8.42 Å². The smallest absolute Gasteiger partial charge is 0.212 e. The zero-order chi connectivity index (χ0) is 14.0. The second kappa shape index (κ2) is 5.81. The van der Waals surface area contributed by atoms with E-state index in [2.05, 4.69) is 13.8 Å². The van der Waals surface area contributed by atoms with E-state index in [1.165, 1.54) is 0 Å². The van der Waals surface area contributed by atoms with E-state index in [1.807, 2.05) is 24.3 Å². The Morgan fingerprint density at radius 1 is 1.11 bits per heavy atom. The first-order valence-corrected chi connectivity index (χ1v) is 8.68. The Morgan fingerprint density at radius 3 is 2.05 bits per heavy atom. The molecule has 5 heteroatoms. The van der Waals surface area contributed by atoms with Crippen molar-refractivity contribution in [3.63, 3.8) is 0 Å². The van der Waals surface area contributed by atoms with Crippen LogP contribution in [0.4, 0.5) is 0 Å². The molecule has 0 spiro atoms. The average molecular weight is 302 g/mol. The molecule has 0 radical (unpaired) electrons. The predicted molar refractivity (Wildman–Crippen MR) is 78.5 cm³/mol. The lowest BCUT2D eigenvalue weighted by atomic mass is 10.0. The van der Waals surface area contributed by atoms with Crippen LogP contribution in [0.15, 0.2) is 24.3 Å². The summed E-state index contributed by atoms with van der Waals surface area (Å²) >= 11 is 5.72. The molecule has 0 amide bonds. The Bertz CT molecular complexity index is 517. The molecule has 2 unspecified atom stereocenters. The molecule has 2 rings (SSSR count). The Morgan fingerprint density at radius 2 is 1.58 bits per heavy atom. The number of hydrogen-bond acceptors (Lipinski definition) is 2. The van der Waals surface area contributed by atoms with Gasteiger partial charge >= 0.3 is 0 Å². The van der Waals surface area contributed by atoms with Gasteiger partial charge in [0, 0.05) is 19.0 Å². The van der Waals surface area contributed by atoms with Crippen molar-refractivity contribution in [3.05, 3.63) is 35.4 Å². The Balaban J connectivity index is 2.08. The summed E-state index contributed by atoms with van der Waals surface area (Å²) in [7, 11) is -3.20. The molecule has 1 aliphatic rings. The van der Waals surface area contributed by atoms with Crippen LogP contribution in [-0.2, 0) is 21.7 Å². The van der Waals surface area contributed by atoms with Crippen LogP contribution in [0.3, 0.4) is 0 Å². The van der Waals surface area contributed by atoms with Crippen molar-refractivity contribution >= 4 is 21.6 Å². The van der Waals surface area contributed by atoms with Gasteiger partial charge in [0.1, 0.15) is 0 Å². The molecule has 1 aromatic rings. The average Bonchev–Trinajstić information content (AvgIpc) is 2.71. The van der Waals surface area contributed by atoms with Crippen molar-refractivity contribution in [3.8, 4) is 0 Å². The number of nitrogens with zero attached hydrogens (tertiary/aromatic N) is 1. The number of benzene rings is 1. The van der Waals surface area contributed by atoms with Gasteiger partial charge in [0.15, 0.2) is 0 Å². The first kappa shape index (κ1) is 14.8. The van der Waals surface area contributed by atoms with Gasteiger partial charge in [-0.05, 0) is 23.0 Å². The quantitative estimate of drug-likeness (QED) is 0.802. The zero-order valence-corrected chi connectivity index (χ0v) is 12.9. The van der Waals surface area contributed by atoms with Crippen LogP contribution in [-0.4, -0.2) is 25.8 Å². The molecule has 1 aromatic carbocycles. The van der Waals surface area contributed by atoms with Gasteiger partial charge in [-0.1, -0.05) is 38.1 Å². The summed E-state index contributed by atoms with van der Waals surface area (Å²) in [6.07, 6.45) is 0. The van der Waals surface area contributed by atoms with E-state index >= 15 is 0 Å². The molecule has 1 fully saturated rings. The van der Waals surface area contributed by atoms with E-state index in [0.717, 1.165) is 11.1 Å². The second-order valence-corrected chi connectivity index (χ2v) is 7.71. The van der Waals surface area contributed by atoms with Crippen molar-refractivity contribution in [2.24, 2.45) is 11.8 Å². The van der Waals surface area contributed by atoms with Crippen molar-refractivity contribution in [2.75, 3.05) is 13.1 Å². The number of halogens is 1. The second-order valence-electron chi connectivity index (χ2n) is 5.48. The first-order chi connectivity index (χ1) is 8.92. The summed E-state index contributed by atoms with van der Waals surface area (Å²) in [5.41, 5.74) is 1.83. The highest BCUT2D eigenvalue weighted by Gasteiger charge is 2.33. The monoisotopic (exact) mass is 301 g/mol. The third-order valence-electron chi connectivity index (χ3n) is 3.87. The van der Waals surface area contributed by atoms with Crippen LogP contribution in [0.2, 0.25) is 0 Å². The van der Waals surface area contributed by atoms with Crippen molar-refractivity contribution < 1.29 is 8.42 Å². The summed E-state index contributed by atoms with van der Waals surface area (Å²) in [6, 6.07) is 7.45. The van der Waals surface area contributed by atoms with Crippen LogP contribution in [0.1, 0.15) is 25.0 Å². The molecule has 19 heavy (non-hydrogen) atoms. The highest BCUT2D eigenvalue weighted by molar-refractivity contribution is 7.88. The summed E-state index contributed by atoms with van der Waals surface area (Å²) < 4.78 is 26.3. The summed E-state index contributed by atoms with van der Waals surface area (Å²) in [5.74, 6) is 1.41. The molecule has 0 aliphatic carbocycles. The Hall–Kier alpha value is -0.580. The third-order valence-corrected chi connectivity index (χ3v) is 5.97. The van der Waals surface area contributed by atoms with Gasteiger partial charge in [0.2, 0.25) is 10.0 Å². The molecule has 0 saturated carbocycles. The molecule has 1 heterocycles. The molecule has 3 nitrogen and oxygen atoms in total. The fourth-order valence-electron chi connectivity index (χ4n) is 2.33. The van der Waals surface area contributed by atoms with E-state index in [4.69, 9.17) is 11.6 Å². The lowest BCUT2D eigenvalue weighted by Crippen LogP contribution is -2.30. The fourth-order valence-corrected chi connectivity index (χ4v) is 4.23. The summed E-state index contributed by atoms with van der Waals surface area (Å²) in [5, 5.41) is 0. The minimum absolute atomic E-state index is 0.0784. The molecule has 0 aromatic heterocycles. The van der Waals surface area contributed by atoms with Gasteiger partial charge in [0.25, 0.3) is 0 Å². The van der Waals surface area contributed by atoms with E-state index in [-0.39, 0.29) is 5.75 Å². The van der Waals surface area contributed by atoms with Crippen molar-refractivity contribution in [2.45, 2.75) is 25.5 Å². The molecular weight excluding hydrogens is 282 g/mol. The largest absolute Gasteiger partial charge is 0.218 e. The highest BCUT2D eigenvalue weighted by atomic mass is 35.5. The molecule has 0 bridgehead atoms. The Kier molecular flexibility index (Phi) is 4.54. The van der Waals surface area contributed by atoms with Gasteiger partial charge in [-0.15, -0.1) is 11.6 Å². The predicted octanol–water partition coefficient (Wildman–Crippen LogP) is 2.84. The molecule has 106 valence electrons. The van der Waals surface area contributed by atoms with Gasteiger partial charge in [-0.2, -0.15) is 0 Å². The first-order valence-electron chi connectivity index (χ1n) is 6.54. The third kappa shape index (κ3) is 3.50. The minimum atomic E-state index is -3.20. The van der Waals surface area contributed by atoms with Gasteiger partial charge in [-0.25, -0.2) is 12.7 Å². The van der Waals surface area contributed by atoms with Crippen molar-refractivity contribution in [1.82, 2.24) is 4.31 Å². The van der Waals surface area contributed by atoms with Gasteiger partial charge in [-0.3, -0.25) is 0 Å². The van der Waals surface area contributed by atoms with Crippen LogP contribution in [0.5, 0.6) is 0 Å². The number of sulfonamides is 1. The number of alkyl halides is 1. The van der Waals surface area contributed by atoms with Crippen LogP contribution in [0, 0.1) is 11.8 Å². The van der Waals surface area contributed by atoms with Crippen LogP contribution < -0.4 is 0 Å². The fraction of sp³-hybridized carbons (Fsp3) is 0.571. The van der Waals surface area contributed by atoms with Gasteiger partial charge in [0.05, 0.1) is 5.75 Å². The molecule has 2 atom stereocenters. The normalized spacial score (nSPS) is 24.8. The molecular formula is C14H20ClNO2S. The van der Waals surface area contributed by atoms with Crippen LogP contribution >= 0.6 is 11.6 Å². The van der Waals surface area contributed by atoms with Gasteiger partial charge < -0.3 is 0 Å². The van der Waals surface area contributed by atoms with Crippen LogP contribution in [0.25, 0.3) is 0 Å². The SMILES string of the molecule is CC1CN(S(=O)(=O)Cc2ccc(CCl)cc2)CC1C. The Labute approximate surface area is 120 Å². The van der Waals surface area contributed by atoms with E-state index in [0.29, 0.717) is 30.8 Å². The van der Waals surface area contributed by atoms with E-state index in [1.54, 1.807) is 4.31 Å². The maximum atomic E-state index is 12.3. The number of rotatable bonds is 4. The standard InChI is InChI=1S/C14H20ClNO2S/c1-11-8-16(9-12(11)2)19(17,18)10-14-5-3-13(7-15)4-6-14/h3-6,11-12H,7-10H2,1-2H3. The lowest BCUT2D eigenvalue weighted by molar-refractivity contribution is 0.462. The van der Waals surface area contributed by atoms with E-state index < -0.39 is 10.0 Å². The number of hydrogen-bond donors (Lipinski definition) is 0. The maximum Gasteiger partial charge on any atom is 0.218 e. The zero-order valence-electron chi connectivity index (χ0n) is 11.3. The molecule has 0 N–H and O–H groups in total. The summed E-state index contributed by atoms with van der Waals surface area (Å²) in [6.45, 7) is 5.50. The molecule has 1 saturated heterocycles. The lowest BCUT2D eigenvalue weighted by Gasteiger charge is -2.16. The maximum absolute atomic E-state index is 12.3. The van der Waals surface area contributed by atoms with Crippen molar-refractivity contribution in [1.29, 1.82) is 0 Å². The highest BCUT2D eigenvalue weighted by Crippen LogP contribution is 2.26. The summed E-state index contributed by atoms with van der Waals surface area (Å²) in [4.78, 5) is 0.